The normalized spacial score (nSPS) is 15.4. The van der Waals surface area contributed by atoms with Crippen molar-refractivity contribution in [2.24, 2.45) is 0 Å². The van der Waals surface area contributed by atoms with E-state index in [0.717, 1.165) is 40.5 Å². The van der Waals surface area contributed by atoms with E-state index < -0.39 is 5.97 Å². The Labute approximate surface area is 99.0 Å². The molecule has 0 spiro atoms. The van der Waals surface area contributed by atoms with E-state index in [-0.39, 0.29) is 5.76 Å². The molecule has 0 saturated heterocycles. The summed E-state index contributed by atoms with van der Waals surface area (Å²) in [6.07, 6.45) is 2.14. The quantitative estimate of drug-likeness (QED) is 0.857. The minimum Gasteiger partial charge on any atom is -0.475 e. The highest BCUT2D eigenvalue weighted by Gasteiger charge is 2.34. The molecule has 17 heavy (non-hydrogen) atoms. The third-order valence-electron chi connectivity index (χ3n) is 3.46. The Morgan fingerprint density at radius 3 is 2.53 bits per heavy atom. The Bertz CT molecular complexity index is 618. The lowest BCUT2D eigenvalue weighted by molar-refractivity contribution is 0.0663. The van der Waals surface area contributed by atoms with Crippen LogP contribution in [0.4, 0.5) is 0 Å². The second kappa shape index (κ2) is 3.36. The summed E-state index contributed by atoms with van der Waals surface area (Å²) in [6.45, 7) is 3.96. The fourth-order valence-corrected chi connectivity index (χ4v) is 2.44. The first kappa shape index (κ1) is 10.4. The van der Waals surface area contributed by atoms with Crippen molar-refractivity contribution in [1.82, 2.24) is 0 Å². The number of aromatic carboxylic acids is 1. The Morgan fingerprint density at radius 1 is 1.29 bits per heavy atom. The molecule has 2 aromatic rings. The predicted octanol–water partition coefficient (Wildman–Crippen LogP) is 3.63. The second-order valence-electron chi connectivity index (χ2n) is 4.83. The van der Waals surface area contributed by atoms with E-state index in [1.165, 1.54) is 0 Å². The molecule has 0 bridgehead atoms. The van der Waals surface area contributed by atoms with E-state index >= 15 is 0 Å². The lowest BCUT2D eigenvalue weighted by Gasteiger charge is -2.01. The van der Waals surface area contributed by atoms with Crippen molar-refractivity contribution in [3.63, 3.8) is 0 Å². The van der Waals surface area contributed by atoms with Gasteiger partial charge in [-0.3, -0.25) is 0 Å². The number of rotatable bonds is 2. The standard InChI is InChI=1S/C14H14O3/c1-7-3-4-8(2)12-10(7)11(9-5-6-9)13(17-12)14(15)16/h3-4,9H,5-6H2,1-2H3,(H,15,16). The molecule has 1 aliphatic rings. The largest absolute Gasteiger partial charge is 0.475 e. The summed E-state index contributed by atoms with van der Waals surface area (Å²) in [4.78, 5) is 11.3. The number of carboxylic acids is 1. The Hall–Kier alpha value is -1.77. The average Bonchev–Trinajstić information content (AvgIpc) is 3.03. The third kappa shape index (κ3) is 1.46. The van der Waals surface area contributed by atoms with Crippen molar-refractivity contribution in [1.29, 1.82) is 0 Å². The first-order valence-corrected chi connectivity index (χ1v) is 5.85. The number of furan rings is 1. The number of carbonyl (C=O) groups is 1. The highest BCUT2D eigenvalue weighted by molar-refractivity contribution is 5.98. The molecule has 0 aliphatic heterocycles. The number of benzene rings is 1. The van der Waals surface area contributed by atoms with Gasteiger partial charge in [-0.1, -0.05) is 12.1 Å². The Morgan fingerprint density at radius 2 is 1.94 bits per heavy atom. The van der Waals surface area contributed by atoms with E-state index in [1.54, 1.807) is 0 Å². The summed E-state index contributed by atoms with van der Waals surface area (Å²) in [5, 5.41) is 10.2. The number of aryl methyl sites for hydroxylation is 2. The van der Waals surface area contributed by atoms with Crippen molar-refractivity contribution in [3.05, 3.63) is 34.6 Å². The van der Waals surface area contributed by atoms with Crippen LogP contribution in [0.25, 0.3) is 11.0 Å². The molecule has 1 aromatic carbocycles. The highest BCUT2D eigenvalue weighted by Crippen LogP contribution is 2.47. The van der Waals surface area contributed by atoms with Gasteiger partial charge in [0.25, 0.3) is 0 Å². The molecule has 3 heteroatoms. The van der Waals surface area contributed by atoms with Crippen LogP contribution in [0.2, 0.25) is 0 Å². The highest BCUT2D eigenvalue weighted by atomic mass is 16.4. The summed E-state index contributed by atoms with van der Waals surface area (Å²) in [7, 11) is 0. The minimum atomic E-state index is -0.957. The van der Waals surface area contributed by atoms with Gasteiger partial charge in [-0.2, -0.15) is 0 Å². The molecule has 1 fully saturated rings. The molecule has 88 valence electrons. The topological polar surface area (TPSA) is 50.4 Å². The molecule has 0 radical (unpaired) electrons. The summed E-state index contributed by atoms with van der Waals surface area (Å²) in [6, 6.07) is 4.01. The fourth-order valence-electron chi connectivity index (χ4n) is 2.44. The Kier molecular flexibility index (Phi) is 2.05. The van der Waals surface area contributed by atoms with Crippen LogP contribution in [-0.4, -0.2) is 11.1 Å². The lowest BCUT2D eigenvalue weighted by atomic mass is 10.00. The predicted molar refractivity (Wildman–Crippen MR) is 64.6 cm³/mol. The summed E-state index contributed by atoms with van der Waals surface area (Å²) >= 11 is 0. The van der Waals surface area contributed by atoms with Gasteiger partial charge in [0.1, 0.15) is 5.58 Å². The van der Waals surface area contributed by atoms with Gasteiger partial charge in [-0.05, 0) is 43.7 Å². The zero-order valence-corrected chi connectivity index (χ0v) is 9.91. The maximum atomic E-state index is 11.3. The van der Waals surface area contributed by atoms with Crippen molar-refractivity contribution in [2.75, 3.05) is 0 Å². The van der Waals surface area contributed by atoms with E-state index in [1.807, 2.05) is 26.0 Å². The van der Waals surface area contributed by atoms with Crippen LogP contribution >= 0.6 is 0 Å². The van der Waals surface area contributed by atoms with Gasteiger partial charge < -0.3 is 9.52 Å². The van der Waals surface area contributed by atoms with Crippen LogP contribution in [0.15, 0.2) is 16.5 Å². The molecule has 0 amide bonds. The van der Waals surface area contributed by atoms with E-state index in [4.69, 9.17) is 4.42 Å². The second-order valence-corrected chi connectivity index (χ2v) is 4.83. The van der Waals surface area contributed by atoms with Gasteiger partial charge in [0.05, 0.1) is 0 Å². The van der Waals surface area contributed by atoms with Crippen LogP contribution in [0.5, 0.6) is 0 Å². The molecule has 0 atom stereocenters. The van der Waals surface area contributed by atoms with Gasteiger partial charge in [0, 0.05) is 10.9 Å². The van der Waals surface area contributed by atoms with Crippen LogP contribution < -0.4 is 0 Å². The van der Waals surface area contributed by atoms with Crippen molar-refractivity contribution in [2.45, 2.75) is 32.6 Å². The number of hydrogen-bond acceptors (Lipinski definition) is 2. The zero-order chi connectivity index (χ0) is 12.2. The van der Waals surface area contributed by atoms with Gasteiger partial charge in [0.2, 0.25) is 5.76 Å². The Balaban J connectivity index is 2.42. The summed E-state index contributed by atoms with van der Waals surface area (Å²) < 4.78 is 5.57. The van der Waals surface area contributed by atoms with Crippen LogP contribution in [0.1, 0.15) is 46.0 Å². The molecule has 0 unspecified atom stereocenters. The monoisotopic (exact) mass is 230 g/mol. The molecule has 1 saturated carbocycles. The molecular formula is C14H14O3. The molecule has 1 aliphatic carbocycles. The van der Waals surface area contributed by atoms with Crippen LogP contribution in [0, 0.1) is 13.8 Å². The first-order valence-electron chi connectivity index (χ1n) is 5.85. The van der Waals surface area contributed by atoms with Gasteiger partial charge in [-0.15, -0.1) is 0 Å². The summed E-state index contributed by atoms with van der Waals surface area (Å²) in [5.74, 6) is -0.440. The maximum Gasteiger partial charge on any atom is 0.372 e. The first-order chi connectivity index (χ1) is 8.09. The molecule has 1 N–H and O–H groups in total. The molecule has 1 aromatic heterocycles. The number of hydrogen-bond donors (Lipinski definition) is 1. The lowest BCUT2D eigenvalue weighted by Crippen LogP contribution is -1.97. The van der Waals surface area contributed by atoms with Gasteiger partial charge in [-0.25, -0.2) is 4.79 Å². The van der Waals surface area contributed by atoms with Crippen LogP contribution in [-0.2, 0) is 0 Å². The molecule has 3 nitrogen and oxygen atoms in total. The zero-order valence-electron chi connectivity index (χ0n) is 9.91. The molecule has 1 heterocycles. The molecular weight excluding hydrogens is 216 g/mol. The van der Waals surface area contributed by atoms with Crippen molar-refractivity contribution in [3.8, 4) is 0 Å². The molecule has 3 rings (SSSR count). The van der Waals surface area contributed by atoms with E-state index in [2.05, 4.69) is 0 Å². The minimum absolute atomic E-state index is 0.139. The fraction of sp³-hybridized carbons (Fsp3) is 0.357. The number of fused-ring (bicyclic) bond motifs is 1. The van der Waals surface area contributed by atoms with Crippen LogP contribution in [0.3, 0.4) is 0 Å². The summed E-state index contributed by atoms with van der Waals surface area (Å²) in [5.41, 5.74) is 3.75. The maximum absolute atomic E-state index is 11.3. The van der Waals surface area contributed by atoms with Gasteiger partial charge in [0.15, 0.2) is 0 Å². The van der Waals surface area contributed by atoms with E-state index in [0.29, 0.717) is 5.92 Å². The van der Waals surface area contributed by atoms with Crippen molar-refractivity contribution >= 4 is 16.9 Å². The van der Waals surface area contributed by atoms with Gasteiger partial charge >= 0.3 is 5.97 Å². The third-order valence-corrected chi connectivity index (χ3v) is 3.46. The SMILES string of the molecule is Cc1ccc(C)c2c(C3CC3)c(C(=O)O)oc12. The van der Waals surface area contributed by atoms with Crippen molar-refractivity contribution < 1.29 is 14.3 Å². The average molecular weight is 230 g/mol. The van der Waals surface area contributed by atoms with E-state index in [9.17, 15) is 9.90 Å². The number of carboxylic acid groups (broad SMARTS) is 1. The smallest absolute Gasteiger partial charge is 0.372 e.